The molecule has 0 spiro atoms. The minimum atomic E-state index is -0.345. The highest BCUT2D eigenvalue weighted by molar-refractivity contribution is 7.15. The molecule has 3 aromatic rings. The van der Waals surface area contributed by atoms with Gasteiger partial charge >= 0.3 is 0 Å². The summed E-state index contributed by atoms with van der Waals surface area (Å²) in [5.74, 6) is -0.202. The molecule has 3 heterocycles. The Morgan fingerprint density at radius 3 is 2.82 bits per heavy atom. The van der Waals surface area contributed by atoms with Crippen LogP contribution in [0.3, 0.4) is 0 Å². The lowest BCUT2D eigenvalue weighted by molar-refractivity contribution is 0.0684. The number of likely N-dealkylation sites (tertiary alicyclic amines) is 1. The second-order valence-corrected chi connectivity index (χ2v) is 9.99. The highest BCUT2D eigenvalue weighted by Gasteiger charge is 2.54. The first-order chi connectivity index (χ1) is 15.9. The highest BCUT2D eigenvalue weighted by atomic mass is 32.1. The van der Waals surface area contributed by atoms with Gasteiger partial charge in [-0.3, -0.25) is 14.3 Å². The van der Waals surface area contributed by atoms with Crippen LogP contribution in [0.25, 0.3) is 10.4 Å². The Morgan fingerprint density at radius 1 is 1.24 bits per heavy atom. The molecule has 1 aliphatic heterocycles. The number of benzene rings is 1. The molecule has 172 valence electrons. The molecule has 0 radical (unpaired) electrons. The van der Waals surface area contributed by atoms with Gasteiger partial charge in [-0.15, -0.1) is 11.3 Å². The van der Waals surface area contributed by atoms with Crippen LogP contribution in [0, 0.1) is 25.6 Å². The summed E-state index contributed by atoms with van der Waals surface area (Å²) in [6.45, 7) is 6.65. The largest absolute Gasteiger partial charge is 0.349 e. The Bertz CT molecular complexity index is 1240. The van der Waals surface area contributed by atoms with E-state index in [0.717, 1.165) is 23.5 Å². The van der Waals surface area contributed by atoms with E-state index >= 15 is 0 Å². The molecule has 2 aliphatic rings. The Balaban J connectivity index is 1.36. The number of nitrogens with one attached hydrogen (secondary N) is 1. The Kier molecular flexibility index (Phi) is 5.52. The zero-order valence-electron chi connectivity index (χ0n) is 18.8. The monoisotopic (exact) mass is 467 g/mol. The predicted molar refractivity (Wildman–Crippen MR) is 124 cm³/mol. The number of thiazole rings is 1. The summed E-state index contributed by atoms with van der Waals surface area (Å²) in [7, 11) is 0. The van der Waals surface area contributed by atoms with Gasteiger partial charge in [-0.25, -0.2) is 9.37 Å². The third-order valence-corrected chi connectivity index (χ3v) is 7.42. The van der Waals surface area contributed by atoms with Crippen molar-refractivity contribution >= 4 is 23.2 Å². The van der Waals surface area contributed by atoms with Crippen LogP contribution >= 0.6 is 11.3 Å². The second-order valence-electron chi connectivity index (χ2n) is 8.78. The number of rotatable bonds is 6. The first kappa shape index (κ1) is 21.8. The quantitative estimate of drug-likeness (QED) is 0.598. The van der Waals surface area contributed by atoms with Crippen LogP contribution in [0.15, 0.2) is 30.3 Å². The van der Waals surface area contributed by atoms with Gasteiger partial charge in [0.2, 0.25) is 0 Å². The number of aryl methyl sites for hydroxylation is 3. The number of piperidine rings is 1. The smallest absolute Gasteiger partial charge is 0.274 e. The van der Waals surface area contributed by atoms with Crippen molar-refractivity contribution in [3.05, 3.63) is 58.2 Å². The molecular formula is C24H26FN5O2S. The molecule has 33 heavy (non-hydrogen) atoms. The van der Waals surface area contributed by atoms with Crippen LogP contribution in [0.2, 0.25) is 0 Å². The van der Waals surface area contributed by atoms with E-state index in [2.05, 4.69) is 15.4 Å². The molecule has 0 bridgehead atoms. The minimum Gasteiger partial charge on any atom is -0.349 e. The molecule has 2 aromatic heterocycles. The van der Waals surface area contributed by atoms with Gasteiger partial charge in [0.25, 0.3) is 11.8 Å². The van der Waals surface area contributed by atoms with Gasteiger partial charge in [-0.05, 0) is 63.3 Å². The van der Waals surface area contributed by atoms with Crippen molar-refractivity contribution in [2.24, 2.45) is 5.92 Å². The Hall–Kier alpha value is -3.07. The molecule has 1 N–H and O–H groups in total. The summed E-state index contributed by atoms with van der Waals surface area (Å²) >= 11 is 1.40. The van der Waals surface area contributed by atoms with Crippen LogP contribution < -0.4 is 5.32 Å². The van der Waals surface area contributed by atoms with Gasteiger partial charge < -0.3 is 10.2 Å². The number of carbonyl (C=O) groups excluding carboxylic acids is 2. The van der Waals surface area contributed by atoms with Gasteiger partial charge in [0.1, 0.15) is 17.2 Å². The van der Waals surface area contributed by atoms with Gasteiger partial charge in [0, 0.05) is 19.1 Å². The van der Waals surface area contributed by atoms with Crippen LogP contribution in [0.5, 0.6) is 0 Å². The number of carbonyl (C=O) groups is 2. The predicted octanol–water partition coefficient (Wildman–Crippen LogP) is 3.82. The third kappa shape index (κ3) is 4.06. The summed E-state index contributed by atoms with van der Waals surface area (Å²) in [6.07, 6.45) is 1.84. The summed E-state index contributed by atoms with van der Waals surface area (Å²) in [6, 6.07) is 8.13. The molecule has 2 unspecified atom stereocenters. The maximum absolute atomic E-state index is 13.8. The molecule has 7 nitrogen and oxygen atoms in total. The first-order valence-corrected chi connectivity index (χ1v) is 12.1. The highest BCUT2D eigenvalue weighted by Crippen LogP contribution is 2.48. The van der Waals surface area contributed by atoms with E-state index in [1.807, 2.05) is 25.7 Å². The van der Waals surface area contributed by atoms with Crippen molar-refractivity contribution in [2.75, 3.05) is 6.54 Å². The summed E-state index contributed by atoms with van der Waals surface area (Å²) in [5, 5.41) is 8.10. The van der Waals surface area contributed by atoms with E-state index in [9.17, 15) is 14.0 Å². The van der Waals surface area contributed by atoms with Crippen molar-refractivity contribution in [1.82, 2.24) is 25.0 Å². The number of hydrogen-bond acceptors (Lipinski definition) is 5. The van der Waals surface area contributed by atoms with Crippen molar-refractivity contribution in [2.45, 2.75) is 52.2 Å². The molecule has 9 heteroatoms. The topological polar surface area (TPSA) is 80.1 Å². The molecule has 3 atom stereocenters. The van der Waals surface area contributed by atoms with Crippen LogP contribution in [0.4, 0.5) is 4.39 Å². The zero-order valence-corrected chi connectivity index (χ0v) is 19.7. The fourth-order valence-electron chi connectivity index (χ4n) is 4.85. The molecule has 1 aliphatic carbocycles. The van der Waals surface area contributed by atoms with Gasteiger partial charge in [-0.1, -0.05) is 12.1 Å². The number of fused-ring (bicyclic) bond motifs is 1. The molecule has 1 saturated carbocycles. The molecule has 1 saturated heterocycles. The molecule has 5 rings (SSSR count). The van der Waals surface area contributed by atoms with Crippen molar-refractivity contribution in [3.8, 4) is 10.4 Å². The molecule has 1 aromatic carbocycles. The van der Waals surface area contributed by atoms with Gasteiger partial charge in [0.15, 0.2) is 0 Å². The minimum absolute atomic E-state index is 0.0911. The first-order valence-electron chi connectivity index (χ1n) is 11.2. The summed E-state index contributed by atoms with van der Waals surface area (Å²) in [5.41, 5.74) is 2.35. The standard InChI is InChI=1S/C24H26FN5O2S/c1-4-29-20(8-13(2)28-29)23(31)26-12-18-10-16-11-19(16)30(18)24(32)21-22(33-14(3)27-21)15-6-5-7-17(25)9-15/h5-9,16,18-19H,4,10-12H2,1-3H3,(H,26,31)/t16?,18-,19?/m0/s1. The van der Waals surface area contributed by atoms with E-state index < -0.39 is 0 Å². The number of aromatic nitrogens is 3. The third-order valence-electron chi connectivity index (χ3n) is 6.40. The number of amides is 2. The normalized spacial score (nSPS) is 21.2. The van der Waals surface area contributed by atoms with Crippen LogP contribution in [0.1, 0.15) is 51.4 Å². The lowest BCUT2D eigenvalue weighted by Gasteiger charge is -2.27. The number of nitrogens with zero attached hydrogens (tertiary/aromatic N) is 4. The average Bonchev–Trinajstić information content (AvgIpc) is 3.11. The zero-order chi connectivity index (χ0) is 23.3. The number of halogens is 1. The Morgan fingerprint density at radius 2 is 2.06 bits per heavy atom. The molecule has 2 amide bonds. The maximum Gasteiger partial charge on any atom is 0.274 e. The molecule has 2 fully saturated rings. The fraction of sp³-hybridized carbons (Fsp3) is 0.417. The van der Waals surface area contributed by atoms with Crippen LogP contribution in [-0.2, 0) is 6.54 Å². The van der Waals surface area contributed by atoms with Crippen molar-refractivity contribution in [3.63, 3.8) is 0 Å². The van der Waals surface area contributed by atoms with Crippen molar-refractivity contribution in [1.29, 1.82) is 0 Å². The van der Waals surface area contributed by atoms with E-state index in [4.69, 9.17) is 0 Å². The summed E-state index contributed by atoms with van der Waals surface area (Å²) in [4.78, 5) is 33.5. The SMILES string of the molecule is CCn1nc(C)cc1C(=O)NC[C@@H]1CC2CC2N1C(=O)c1nc(C)sc1-c1cccc(F)c1. The Labute approximate surface area is 195 Å². The van der Waals surface area contributed by atoms with E-state index in [0.29, 0.717) is 40.8 Å². The number of hydrogen-bond donors (Lipinski definition) is 1. The fourth-order valence-corrected chi connectivity index (χ4v) is 5.75. The molecular weight excluding hydrogens is 441 g/mol. The second kappa shape index (κ2) is 8.37. The van der Waals surface area contributed by atoms with Crippen molar-refractivity contribution < 1.29 is 14.0 Å². The average molecular weight is 468 g/mol. The van der Waals surface area contributed by atoms with E-state index in [1.165, 1.54) is 23.5 Å². The van der Waals surface area contributed by atoms with Gasteiger partial charge in [0.05, 0.1) is 21.6 Å². The van der Waals surface area contributed by atoms with Crippen LogP contribution in [-0.4, -0.2) is 50.1 Å². The maximum atomic E-state index is 13.8. The van der Waals surface area contributed by atoms with E-state index in [-0.39, 0.29) is 29.7 Å². The summed E-state index contributed by atoms with van der Waals surface area (Å²) < 4.78 is 15.5. The van der Waals surface area contributed by atoms with Gasteiger partial charge in [-0.2, -0.15) is 5.10 Å². The lowest BCUT2D eigenvalue weighted by atomic mass is 10.1. The lowest BCUT2D eigenvalue weighted by Crippen LogP contribution is -2.45. The van der Waals surface area contributed by atoms with E-state index in [1.54, 1.807) is 22.9 Å².